The van der Waals surface area contributed by atoms with Crippen LogP contribution in [0.5, 0.6) is 0 Å². The van der Waals surface area contributed by atoms with Gasteiger partial charge in [0.25, 0.3) is 0 Å². The maximum absolute atomic E-state index is 13.2. The van der Waals surface area contributed by atoms with Crippen molar-refractivity contribution >= 4 is 5.91 Å². The summed E-state index contributed by atoms with van der Waals surface area (Å²) in [5.41, 5.74) is 6.54. The normalized spacial score (nSPS) is 29.4. The lowest BCUT2D eigenvalue weighted by Crippen LogP contribution is -2.52. The molecule has 1 amide bonds. The molecule has 1 aliphatic heterocycles. The van der Waals surface area contributed by atoms with Gasteiger partial charge in [0, 0.05) is 17.8 Å². The summed E-state index contributed by atoms with van der Waals surface area (Å²) in [5.74, 6) is 0.881. The Morgan fingerprint density at radius 1 is 0.926 bits per heavy atom. The fourth-order valence-corrected chi connectivity index (χ4v) is 5.91. The van der Waals surface area contributed by atoms with Gasteiger partial charge in [0.05, 0.1) is 0 Å². The lowest BCUT2D eigenvalue weighted by molar-refractivity contribution is -0.124. The summed E-state index contributed by atoms with van der Waals surface area (Å²) in [4.78, 5) is 13.2. The van der Waals surface area contributed by atoms with E-state index in [0.717, 1.165) is 12.8 Å². The van der Waals surface area contributed by atoms with E-state index in [4.69, 9.17) is 0 Å². The quantitative estimate of drug-likeness (QED) is 0.695. The van der Waals surface area contributed by atoms with Crippen LogP contribution < -0.4 is 10.7 Å². The lowest BCUT2D eigenvalue weighted by atomic mass is 9.89. The molecule has 152 valence electrons. The molecule has 0 aromatic rings. The Morgan fingerprint density at radius 2 is 1.56 bits per heavy atom. The topological polar surface area (TPSA) is 44.4 Å². The number of hydrogen-bond donors (Lipinski definition) is 2. The second kappa shape index (κ2) is 8.98. The molecule has 27 heavy (non-hydrogen) atoms. The van der Waals surface area contributed by atoms with Gasteiger partial charge in [0.2, 0.25) is 5.91 Å². The van der Waals surface area contributed by atoms with Gasteiger partial charge in [-0.25, -0.2) is 5.43 Å². The molecule has 4 aliphatic rings. The molecule has 2 fully saturated rings. The minimum Gasteiger partial charge on any atom is -0.352 e. The van der Waals surface area contributed by atoms with Gasteiger partial charge < -0.3 is 10.3 Å². The van der Waals surface area contributed by atoms with Crippen molar-refractivity contribution in [3.63, 3.8) is 0 Å². The summed E-state index contributed by atoms with van der Waals surface area (Å²) in [5, 5.41) is 5.85. The Bertz CT molecular complexity index is 544. The van der Waals surface area contributed by atoms with Crippen LogP contribution in [0.4, 0.5) is 0 Å². The maximum atomic E-state index is 13.2. The van der Waals surface area contributed by atoms with Gasteiger partial charge in [-0.1, -0.05) is 44.9 Å². The van der Waals surface area contributed by atoms with Gasteiger partial charge in [-0.05, 0) is 69.8 Å². The molecule has 4 nitrogen and oxygen atoms in total. The summed E-state index contributed by atoms with van der Waals surface area (Å²) in [6, 6.07) is 0.781. The molecular formula is C23H39N3O. The molecular weight excluding hydrogens is 334 g/mol. The van der Waals surface area contributed by atoms with Crippen LogP contribution in [0.25, 0.3) is 0 Å². The molecule has 3 aliphatic carbocycles. The van der Waals surface area contributed by atoms with Crippen molar-refractivity contribution in [2.45, 2.75) is 121 Å². The van der Waals surface area contributed by atoms with E-state index in [-0.39, 0.29) is 11.9 Å². The third-order valence-corrected chi connectivity index (χ3v) is 7.57. The molecule has 2 atom stereocenters. The Morgan fingerprint density at radius 3 is 2.30 bits per heavy atom. The molecule has 0 saturated heterocycles. The molecule has 4 heteroatoms. The van der Waals surface area contributed by atoms with Crippen LogP contribution in [0.15, 0.2) is 11.3 Å². The third kappa shape index (κ3) is 4.36. The number of rotatable bonds is 4. The summed E-state index contributed by atoms with van der Waals surface area (Å²) in [7, 11) is 0. The van der Waals surface area contributed by atoms with Crippen molar-refractivity contribution in [3.05, 3.63) is 11.3 Å². The zero-order chi connectivity index (χ0) is 18.6. The zero-order valence-electron chi connectivity index (χ0n) is 17.3. The van der Waals surface area contributed by atoms with Crippen LogP contribution in [0.3, 0.4) is 0 Å². The van der Waals surface area contributed by atoms with Gasteiger partial charge in [-0.3, -0.25) is 4.79 Å². The second-order valence-corrected chi connectivity index (χ2v) is 9.45. The number of nitrogens with zero attached hydrogens (tertiary/aromatic N) is 1. The average molecular weight is 374 g/mol. The first-order valence-electron chi connectivity index (χ1n) is 11.8. The number of carbonyl (C=O) groups is 1. The molecule has 0 bridgehead atoms. The van der Waals surface area contributed by atoms with E-state index >= 15 is 0 Å². The van der Waals surface area contributed by atoms with Crippen LogP contribution in [-0.4, -0.2) is 29.0 Å². The summed E-state index contributed by atoms with van der Waals surface area (Å²) >= 11 is 0. The van der Waals surface area contributed by atoms with Crippen molar-refractivity contribution in [1.29, 1.82) is 0 Å². The van der Waals surface area contributed by atoms with Crippen molar-refractivity contribution in [2.24, 2.45) is 5.92 Å². The van der Waals surface area contributed by atoms with Crippen molar-refractivity contribution in [1.82, 2.24) is 15.8 Å². The van der Waals surface area contributed by atoms with E-state index in [1.165, 1.54) is 94.7 Å². The number of hydrazine groups is 1. The van der Waals surface area contributed by atoms with Crippen LogP contribution in [-0.2, 0) is 4.79 Å². The average Bonchev–Trinajstić information content (AvgIpc) is 2.88. The Labute approximate surface area is 165 Å². The smallest absolute Gasteiger partial charge is 0.243 e. The highest BCUT2D eigenvalue weighted by Crippen LogP contribution is 2.37. The highest BCUT2D eigenvalue weighted by Gasteiger charge is 2.40. The van der Waals surface area contributed by atoms with Crippen LogP contribution >= 0.6 is 0 Å². The summed E-state index contributed by atoms with van der Waals surface area (Å²) in [6.07, 6.45) is 19.3. The predicted molar refractivity (Wildman–Crippen MR) is 110 cm³/mol. The van der Waals surface area contributed by atoms with Gasteiger partial charge >= 0.3 is 0 Å². The molecule has 0 radical (unpaired) electrons. The molecule has 4 rings (SSSR count). The summed E-state index contributed by atoms with van der Waals surface area (Å²) < 4.78 is 0. The Hall–Kier alpha value is -1.03. The molecule has 2 saturated carbocycles. The molecule has 2 N–H and O–H groups in total. The Balaban J connectivity index is 1.42. The van der Waals surface area contributed by atoms with Gasteiger partial charge in [0.1, 0.15) is 6.04 Å². The largest absolute Gasteiger partial charge is 0.352 e. The highest BCUT2D eigenvalue weighted by molar-refractivity contribution is 5.86. The number of nitrogens with one attached hydrogen (secondary N) is 2. The minimum absolute atomic E-state index is 0.115. The van der Waals surface area contributed by atoms with Crippen LogP contribution in [0.1, 0.15) is 103 Å². The SMILES string of the molecule is CC(NC(=O)C1NN(C2CCCCC2)C2=C1CCCC2)C1CCCCCC1. The van der Waals surface area contributed by atoms with Crippen LogP contribution in [0.2, 0.25) is 0 Å². The van der Waals surface area contributed by atoms with E-state index < -0.39 is 0 Å². The van der Waals surface area contributed by atoms with E-state index in [9.17, 15) is 4.79 Å². The van der Waals surface area contributed by atoms with Gasteiger partial charge in [-0.15, -0.1) is 0 Å². The number of allylic oxidation sites excluding steroid dienone is 1. The number of amides is 1. The first-order valence-corrected chi connectivity index (χ1v) is 11.8. The standard InChI is InChI=1S/C23H39N3O/c1-17(18-11-5-2-3-6-12-18)24-23(27)22-20-15-9-10-16-21(20)26(25-22)19-13-7-4-8-14-19/h17-19,22,25H,2-16H2,1H3,(H,24,27). The predicted octanol–water partition coefficient (Wildman–Crippen LogP) is 4.81. The monoisotopic (exact) mass is 373 g/mol. The van der Waals surface area contributed by atoms with E-state index in [2.05, 4.69) is 22.7 Å². The molecule has 0 aromatic carbocycles. The molecule has 0 spiro atoms. The van der Waals surface area contributed by atoms with E-state index in [1.54, 1.807) is 0 Å². The number of hydrogen-bond acceptors (Lipinski definition) is 3. The number of carbonyl (C=O) groups excluding carboxylic acids is 1. The molecule has 0 aromatic heterocycles. The first-order chi connectivity index (χ1) is 13.2. The molecule has 1 heterocycles. The highest BCUT2D eigenvalue weighted by atomic mass is 16.2. The minimum atomic E-state index is -0.115. The first kappa shape index (κ1) is 19.3. The van der Waals surface area contributed by atoms with E-state index in [1.807, 2.05) is 0 Å². The summed E-state index contributed by atoms with van der Waals surface area (Å²) in [6.45, 7) is 2.23. The maximum Gasteiger partial charge on any atom is 0.243 e. The fourth-order valence-electron chi connectivity index (χ4n) is 5.91. The molecule has 2 unspecified atom stereocenters. The Kier molecular flexibility index (Phi) is 6.42. The third-order valence-electron chi connectivity index (χ3n) is 7.57. The van der Waals surface area contributed by atoms with Gasteiger partial charge in [-0.2, -0.15) is 0 Å². The van der Waals surface area contributed by atoms with Crippen LogP contribution in [0, 0.1) is 5.92 Å². The van der Waals surface area contributed by atoms with Crippen molar-refractivity contribution < 1.29 is 4.79 Å². The fraction of sp³-hybridized carbons (Fsp3) is 0.870. The second-order valence-electron chi connectivity index (χ2n) is 9.45. The van der Waals surface area contributed by atoms with Crippen molar-refractivity contribution in [3.8, 4) is 0 Å². The van der Waals surface area contributed by atoms with E-state index in [0.29, 0.717) is 18.0 Å². The lowest BCUT2D eigenvalue weighted by Gasteiger charge is -2.35. The zero-order valence-corrected chi connectivity index (χ0v) is 17.3. The van der Waals surface area contributed by atoms with Crippen molar-refractivity contribution in [2.75, 3.05) is 0 Å². The van der Waals surface area contributed by atoms with Gasteiger partial charge in [0.15, 0.2) is 0 Å².